The first-order valence-electron chi connectivity index (χ1n) is 10.3. The summed E-state index contributed by atoms with van der Waals surface area (Å²) in [5.41, 5.74) is 2.98. The number of allylic oxidation sites excluding steroid dienone is 1. The van der Waals surface area contributed by atoms with Crippen molar-refractivity contribution in [1.82, 2.24) is 14.8 Å². The third-order valence-electron chi connectivity index (χ3n) is 5.42. The van der Waals surface area contributed by atoms with Gasteiger partial charge in [-0.3, -0.25) is 4.79 Å². The fraction of sp³-hybridized carbons (Fsp3) is 0.0800. The van der Waals surface area contributed by atoms with E-state index in [0.717, 1.165) is 0 Å². The number of nitrogens with one attached hydrogen (secondary N) is 2. The molecule has 0 bridgehead atoms. The van der Waals surface area contributed by atoms with Gasteiger partial charge < -0.3 is 10.6 Å². The van der Waals surface area contributed by atoms with Crippen molar-refractivity contribution in [3.05, 3.63) is 107 Å². The Bertz CT molecular complexity index is 1350. The van der Waals surface area contributed by atoms with Crippen LogP contribution in [-0.4, -0.2) is 20.7 Å². The van der Waals surface area contributed by atoms with Gasteiger partial charge in [0.05, 0.1) is 5.57 Å². The molecule has 164 valence electrons. The van der Waals surface area contributed by atoms with Gasteiger partial charge in [0.2, 0.25) is 5.95 Å². The number of halogens is 2. The second-order valence-electron chi connectivity index (χ2n) is 7.65. The first-order chi connectivity index (χ1) is 16.0. The summed E-state index contributed by atoms with van der Waals surface area (Å²) >= 11 is 0. The molecule has 1 aliphatic heterocycles. The minimum absolute atomic E-state index is 0.315. The zero-order chi connectivity index (χ0) is 22.9. The largest absolute Gasteiger partial charge is 0.328 e. The molecule has 1 aliphatic rings. The minimum Gasteiger partial charge on any atom is -0.328 e. The Balaban J connectivity index is 1.60. The van der Waals surface area contributed by atoms with Gasteiger partial charge in [0, 0.05) is 16.9 Å². The fourth-order valence-electron chi connectivity index (χ4n) is 3.84. The maximum absolute atomic E-state index is 13.7. The predicted molar refractivity (Wildman–Crippen MR) is 121 cm³/mol. The van der Waals surface area contributed by atoms with Crippen molar-refractivity contribution in [1.29, 1.82) is 0 Å². The molecular weight excluding hydrogens is 424 g/mol. The molecule has 3 aromatic carbocycles. The molecule has 2 N–H and O–H groups in total. The number of benzene rings is 3. The Morgan fingerprint density at radius 3 is 2.24 bits per heavy atom. The van der Waals surface area contributed by atoms with Crippen LogP contribution >= 0.6 is 0 Å². The molecule has 1 unspecified atom stereocenters. The summed E-state index contributed by atoms with van der Waals surface area (Å²) in [6, 6.07) is 20.3. The summed E-state index contributed by atoms with van der Waals surface area (Å²) in [5, 5.41) is 10.7. The van der Waals surface area contributed by atoms with E-state index in [1.54, 1.807) is 48.0 Å². The molecule has 0 saturated carbocycles. The Hall–Kier alpha value is -4.33. The lowest BCUT2D eigenvalue weighted by atomic mass is 9.95. The lowest BCUT2D eigenvalue weighted by molar-refractivity contribution is -0.113. The predicted octanol–water partition coefficient (Wildman–Crippen LogP) is 5.15. The van der Waals surface area contributed by atoms with Crippen LogP contribution in [0.2, 0.25) is 0 Å². The average Bonchev–Trinajstić information content (AvgIpc) is 3.23. The number of carbonyl (C=O) groups is 1. The number of carbonyl (C=O) groups excluding carboxylic acids is 1. The quantitative estimate of drug-likeness (QED) is 0.458. The van der Waals surface area contributed by atoms with E-state index in [-0.39, 0.29) is 17.5 Å². The molecule has 6 nitrogen and oxygen atoms in total. The summed E-state index contributed by atoms with van der Waals surface area (Å²) in [6.07, 6.45) is 0. The molecule has 4 aromatic rings. The number of rotatable bonds is 4. The number of fused-ring (bicyclic) bond motifs is 1. The summed E-state index contributed by atoms with van der Waals surface area (Å²) in [7, 11) is 0. The molecule has 0 radical (unpaired) electrons. The van der Waals surface area contributed by atoms with Gasteiger partial charge in [-0.15, -0.1) is 5.10 Å². The van der Waals surface area contributed by atoms with Gasteiger partial charge >= 0.3 is 0 Å². The topological polar surface area (TPSA) is 71.8 Å². The molecule has 2 heterocycles. The van der Waals surface area contributed by atoms with E-state index in [2.05, 4.69) is 20.7 Å². The molecule has 1 aromatic heterocycles. The van der Waals surface area contributed by atoms with Gasteiger partial charge in [-0.1, -0.05) is 30.3 Å². The summed E-state index contributed by atoms with van der Waals surface area (Å²) in [6.45, 7) is 1.78. The second-order valence-corrected chi connectivity index (χ2v) is 7.65. The SMILES string of the molecule is CC1=C(C(=O)Nc2ccccc2)C(c2ccc(F)cc2)n2nc(-c3ccc(F)cc3)nc2N1. The number of amides is 1. The van der Waals surface area contributed by atoms with Crippen LogP contribution in [0.1, 0.15) is 18.5 Å². The van der Waals surface area contributed by atoms with Crippen molar-refractivity contribution in [3.63, 3.8) is 0 Å². The van der Waals surface area contributed by atoms with Gasteiger partial charge in [-0.25, -0.2) is 13.5 Å². The smallest absolute Gasteiger partial charge is 0.255 e. The molecule has 0 aliphatic carbocycles. The molecule has 0 spiro atoms. The van der Waals surface area contributed by atoms with E-state index < -0.39 is 6.04 Å². The van der Waals surface area contributed by atoms with Crippen LogP contribution in [0.15, 0.2) is 90.1 Å². The molecule has 33 heavy (non-hydrogen) atoms. The van der Waals surface area contributed by atoms with Gasteiger partial charge in [0.1, 0.15) is 17.7 Å². The maximum Gasteiger partial charge on any atom is 0.255 e. The maximum atomic E-state index is 13.7. The van der Waals surface area contributed by atoms with E-state index in [0.29, 0.717) is 39.9 Å². The zero-order valence-corrected chi connectivity index (χ0v) is 17.6. The number of anilines is 2. The molecule has 5 rings (SSSR count). The number of hydrogen-bond acceptors (Lipinski definition) is 4. The van der Waals surface area contributed by atoms with E-state index in [4.69, 9.17) is 0 Å². The summed E-state index contributed by atoms with van der Waals surface area (Å²) < 4.78 is 28.6. The Morgan fingerprint density at radius 2 is 1.58 bits per heavy atom. The minimum atomic E-state index is -0.646. The molecule has 0 saturated heterocycles. The Kier molecular flexibility index (Phi) is 5.18. The molecular formula is C25H19F2N5O. The number of nitrogens with zero attached hydrogens (tertiary/aromatic N) is 3. The lowest BCUT2D eigenvalue weighted by Crippen LogP contribution is -2.31. The normalized spacial score (nSPS) is 15.1. The second kappa shape index (κ2) is 8.31. The highest BCUT2D eigenvalue weighted by molar-refractivity contribution is 6.06. The van der Waals surface area contributed by atoms with Gasteiger partial charge in [0.15, 0.2) is 5.82 Å². The van der Waals surface area contributed by atoms with Crippen LogP contribution in [0.25, 0.3) is 11.4 Å². The first kappa shape index (κ1) is 20.6. The van der Waals surface area contributed by atoms with Crippen LogP contribution in [0.3, 0.4) is 0 Å². The highest BCUT2D eigenvalue weighted by Gasteiger charge is 2.34. The standard InChI is InChI=1S/C25H19F2N5O/c1-15-21(24(33)29-20-5-3-2-4-6-20)22(16-7-11-18(26)12-8-16)32-25(28-15)30-23(31-32)17-9-13-19(27)14-10-17/h2-14,22H,1H3,(H,29,33)(H,28,30,31). The van der Waals surface area contributed by atoms with Crippen molar-refractivity contribution in [2.75, 3.05) is 10.6 Å². The first-order valence-corrected chi connectivity index (χ1v) is 10.3. The monoisotopic (exact) mass is 443 g/mol. The summed E-state index contributed by atoms with van der Waals surface area (Å²) in [5.74, 6) is -0.249. The van der Waals surface area contributed by atoms with Crippen LogP contribution < -0.4 is 10.6 Å². The molecule has 0 fully saturated rings. The zero-order valence-electron chi connectivity index (χ0n) is 17.6. The highest BCUT2D eigenvalue weighted by atomic mass is 19.1. The van der Waals surface area contributed by atoms with Crippen LogP contribution in [-0.2, 0) is 4.79 Å². The van der Waals surface area contributed by atoms with Crippen molar-refractivity contribution in [3.8, 4) is 11.4 Å². The van der Waals surface area contributed by atoms with Crippen LogP contribution in [0.5, 0.6) is 0 Å². The molecule has 1 atom stereocenters. The molecule has 1 amide bonds. The van der Waals surface area contributed by atoms with E-state index in [1.807, 2.05) is 18.2 Å². The van der Waals surface area contributed by atoms with Crippen molar-refractivity contribution >= 4 is 17.5 Å². The number of hydrogen-bond donors (Lipinski definition) is 2. The third-order valence-corrected chi connectivity index (χ3v) is 5.42. The Labute approximate surface area is 188 Å². The fourth-order valence-corrected chi connectivity index (χ4v) is 3.84. The van der Waals surface area contributed by atoms with Gasteiger partial charge in [0.25, 0.3) is 5.91 Å². The number of aromatic nitrogens is 3. The lowest BCUT2D eigenvalue weighted by Gasteiger charge is -2.28. The van der Waals surface area contributed by atoms with Crippen molar-refractivity contribution < 1.29 is 13.6 Å². The van der Waals surface area contributed by atoms with E-state index >= 15 is 0 Å². The van der Waals surface area contributed by atoms with E-state index in [9.17, 15) is 13.6 Å². The highest BCUT2D eigenvalue weighted by Crippen LogP contribution is 2.36. The number of para-hydroxylation sites is 1. The Morgan fingerprint density at radius 1 is 0.939 bits per heavy atom. The summed E-state index contributed by atoms with van der Waals surface area (Å²) in [4.78, 5) is 17.9. The third kappa shape index (κ3) is 3.98. The van der Waals surface area contributed by atoms with Crippen LogP contribution in [0, 0.1) is 11.6 Å². The van der Waals surface area contributed by atoms with Crippen molar-refractivity contribution in [2.24, 2.45) is 0 Å². The average molecular weight is 443 g/mol. The van der Waals surface area contributed by atoms with Gasteiger partial charge in [-0.2, -0.15) is 4.98 Å². The van der Waals surface area contributed by atoms with Crippen LogP contribution in [0.4, 0.5) is 20.4 Å². The van der Waals surface area contributed by atoms with E-state index in [1.165, 1.54) is 24.3 Å². The molecule has 8 heteroatoms. The van der Waals surface area contributed by atoms with Gasteiger partial charge in [-0.05, 0) is 61.0 Å². The van der Waals surface area contributed by atoms with Crippen molar-refractivity contribution in [2.45, 2.75) is 13.0 Å².